The quantitative estimate of drug-likeness (QED) is 0.878. The average Bonchev–Trinajstić information content (AvgIpc) is 2.48. The molecule has 0 bridgehead atoms. The third-order valence-corrected chi connectivity index (χ3v) is 4.80. The minimum absolute atomic E-state index is 0.153. The molecule has 1 aromatic carbocycles. The van der Waals surface area contributed by atoms with Gasteiger partial charge in [-0.1, -0.05) is 22.9 Å². The molecule has 5 heteroatoms. The van der Waals surface area contributed by atoms with Crippen LogP contribution in [0.15, 0.2) is 16.6 Å². The zero-order valence-corrected chi connectivity index (χ0v) is 14.6. The second-order valence-electron chi connectivity index (χ2n) is 5.52. The average molecular weight is 357 g/mol. The van der Waals surface area contributed by atoms with E-state index in [1.165, 1.54) is 12.0 Å². The molecular formula is C16H25BrN2O2. The highest BCUT2D eigenvalue weighted by Crippen LogP contribution is 2.40. The van der Waals surface area contributed by atoms with Crippen LogP contribution < -0.4 is 15.2 Å². The fourth-order valence-corrected chi connectivity index (χ4v) is 3.72. The number of ether oxygens (including phenoxy) is 2. The van der Waals surface area contributed by atoms with Crippen molar-refractivity contribution in [2.45, 2.75) is 38.3 Å². The van der Waals surface area contributed by atoms with E-state index >= 15 is 0 Å². The van der Waals surface area contributed by atoms with Crippen LogP contribution in [0, 0.1) is 0 Å². The number of likely N-dealkylation sites (tertiary alicyclic amines) is 1. The molecule has 21 heavy (non-hydrogen) atoms. The Morgan fingerprint density at radius 1 is 1.29 bits per heavy atom. The predicted molar refractivity (Wildman–Crippen MR) is 89.1 cm³/mol. The van der Waals surface area contributed by atoms with Gasteiger partial charge in [0.15, 0.2) is 11.5 Å². The molecule has 1 aliphatic rings. The van der Waals surface area contributed by atoms with Gasteiger partial charge in [0, 0.05) is 10.5 Å². The summed E-state index contributed by atoms with van der Waals surface area (Å²) in [5.41, 5.74) is 7.62. The van der Waals surface area contributed by atoms with Gasteiger partial charge in [0.2, 0.25) is 0 Å². The van der Waals surface area contributed by atoms with Crippen molar-refractivity contribution < 1.29 is 9.47 Å². The van der Waals surface area contributed by atoms with Gasteiger partial charge in [-0.25, -0.2) is 0 Å². The summed E-state index contributed by atoms with van der Waals surface area (Å²) in [6, 6.07) is 4.41. The van der Waals surface area contributed by atoms with E-state index in [-0.39, 0.29) is 12.1 Å². The Hall–Kier alpha value is -0.780. The third kappa shape index (κ3) is 3.52. The lowest BCUT2D eigenvalue weighted by Crippen LogP contribution is -2.46. The lowest BCUT2D eigenvalue weighted by molar-refractivity contribution is 0.128. The van der Waals surface area contributed by atoms with Gasteiger partial charge in [0.05, 0.1) is 20.3 Å². The standard InChI is InChI=1S/C16H25BrN2O2/c1-4-7-19-8-5-6-13(18)16(19)11-9-14(20-2)15(21-3)10-12(11)17/h9-10,13,16H,4-8,18H2,1-3H3. The number of nitrogens with zero attached hydrogens (tertiary/aromatic N) is 1. The van der Waals surface area contributed by atoms with E-state index in [0.717, 1.165) is 41.9 Å². The summed E-state index contributed by atoms with van der Waals surface area (Å²) in [6.07, 6.45) is 3.36. The van der Waals surface area contributed by atoms with E-state index in [2.05, 4.69) is 33.8 Å². The number of rotatable bonds is 5. The smallest absolute Gasteiger partial charge is 0.161 e. The summed E-state index contributed by atoms with van der Waals surface area (Å²) in [5, 5.41) is 0. The normalized spacial score (nSPS) is 23.1. The summed E-state index contributed by atoms with van der Waals surface area (Å²) in [5.74, 6) is 1.49. The largest absolute Gasteiger partial charge is 0.493 e. The molecule has 0 amide bonds. The van der Waals surface area contributed by atoms with Crippen molar-refractivity contribution in [3.8, 4) is 11.5 Å². The highest BCUT2D eigenvalue weighted by Gasteiger charge is 2.31. The summed E-state index contributed by atoms with van der Waals surface area (Å²) < 4.78 is 11.8. The van der Waals surface area contributed by atoms with Gasteiger partial charge in [0.25, 0.3) is 0 Å². The van der Waals surface area contributed by atoms with Crippen LogP contribution in [0.2, 0.25) is 0 Å². The molecule has 4 nitrogen and oxygen atoms in total. The van der Waals surface area contributed by atoms with E-state index in [4.69, 9.17) is 15.2 Å². The fourth-order valence-electron chi connectivity index (χ4n) is 3.16. The van der Waals surface area contributed by atoms with Crippen molar-refractivity contribution in [3.05, 3.63) is 22.2 Å². The van der Waals surface area contributed by atoms with Crippen molar-refractivity contribution in [1.29, 1.82) is 0 Å². The number of methoxy groups -OCH3 is 2. The molecule has 1 heterocycles. The summed E-state index contributed by atoms with van der Waals surface area (Å²) in [4.78, 5) is 2.49. The molecule has 1 saturated heterocycles. The van der Waals surface area contributed by atoms with Gasteiger partial charge >= 0.3 is 0 Å². The lowest BCUT2D eigenvalue weighted by Gasteiger charge is -2.40. The number of piperidine rings is 1. The van der Waals surface area contributed by atoms with Gasteiger partial charge in [-0.05, 0) is 50.0 Å². The second-order valence-corrected chi connectivity index (χ2v) is 6.37. The van der Waals surface area contributed by atoms with E-state index in [1.807, 2.05) is 6.07 Å². The van der Waals surface area contributed by atoms with Crippen LogP contribution >= 0.6 is 15.9 Å². The maximum Gasteiger partial charge on any atom is 0.161 e. The molecule has 0 aliphatic carbocycles. The van der Waals surface area contributed by atoms with Crippen LogP contribution in [0.1, 0.15) is 37.8 Å². The highest BCUT2D eigenvalue weighted by atomic mass is 79.9. The zero-order valence-electron chi connectivity index (χ0n) is 13.1. The van der Waals surface area contributed by atoms with E-state index < -0.39 is 0 Å². The number of hydrogen-bond donors (Lipinski definition) is 1. The van der Waals surface area contributed by atoms with Crippen LogP contribution in [-0.4, -0.2) is 38.3 Å². The maximum atomic E-state index is 6.43. The summed E-state index contributed by atoms with van der Waals surface area (Å²) in [6.45, 7) is 4.38. The minimum atomic E-state index is 0.153. The molecule has 2 unspecified atom stereocenters. The molecule has 1 aromatic rings. The second kappa shape index (κ2) is 7.47. The first kappa shape index (κ1) is 16.6. The molecule has 0 saturated carbocycles. The van der Waals surface area contributed by atoms with E-state index in [1.54, 1.807) is 14.2 Å². The Balaban J connectivity index is 2.41. The monoisotopic (exact) mass is 356 g/mol. The lowest BCUT2D eigenvalue weighted by atomic mass is 9.90. The van der Waals surface area contributed by atoms with Crippen LogP contribution in [-0.2, 0) is 0 Å². The van der Waals surface area contributed by atoms with Gasteiger partial charge in [-0.2, -0.15) is 0 Å². The molecule has 0 spiro atoms. The van der Waals surface area contributed by atoms with Gasteiger partial charge in [-0.3, -0.25) is 4.90 Å². The topological polar surface area (TPSA) is 47.7 Å². The molecule has 2 rings (SSSR count). The van der Waals surface area contributed by atoms with Gasteiger partial charge in [-0.15, -0.1) is 0 Å². The summed E-state index contributed by atoms with van der Waals surface area (Å²) in [7, 11) is 3.32. The van der Waals surface area contributed by atoms with Crippen molar-refractivity contribution in [1.82, 2.24) is 4.90 Å². The Morgan fingerprint density at radius 3 is 2.57 bits per heavy atom. The van der Waals surface area contributed by atoms with Gasteiger partial charge in [0.1, 0.15) is 0 Å². The minimum Gasteiger partial charge on any atom is -0.493 e. The number of nitrogens with two attached hydrogens (primary N) is 1. The first-order valence-electron chi connectivity index (χ1n) is 7.53. The van der Waals surface area contributed by atoms with Gasteiger partial charge < -0.3 is 15.2 Å². The van der Waals surface area contributed by atoms with Crippen LogP contribution in [0.3, 0.4) is 0 Å². The number of hydrogen-bond acceptors (Lipinski definition) is 4. The molecule has 1 aliphatic heterocycles. The molecular weight excluding hydrogens is 332 g/mol. The van der Waals surface area contributed by atoms with Crippen molar-refractivity contribution in [3.63, 3.8) is 0 Å². The van der Waals surface area contributed by atoms with Crippen molar-refractivity contribution in [2.24, 2.45) is 5.73 Å². The molecule has 1 fully saturated rings. The zero-order chi connectivity index (χ0) is 15.4. The maximum absolute atomic E-state index is 6.43. The Bertz CT molecular complexity index is 480. The molecule has 2 atom stereocenters. The predicted octanol–water partition coefficient (Wildman–Crippen LogP) is 3.34. The Kier molecular flexibility index (Phi) is 5.90. The van der Waals surface area contributed by atoms with E-state index in [9.17, 15) is 0 Å². The summed E-state index contributed by atoms with van der Waals surface area (Å²) >= 11 is 3.68. The first-order valence-corrected chi connectivity index (χ1v) is 8.32. The van der Waals surface area contributed by atoms with Crippen LogP contribution in [0.4, 0.5) is 0 Å². The number of halogens is 1. The first-order chi connectivity index (χ1) is 10.1. The molecule has 0 radical (unpaired) electrons. The molecule has 118 valence electrons. The Morgan fingerprint density at radius 2 is 1.95 bits per heavy atom. The van der Waals surface area contributed by atoms with Crippen LogP contribution in [0.5, 0.6) is 11.5 Å². The number of benzene rings is 1. The van der Waals surface area contributed by atoms with E-state index in [0.29, 0.717) is 0 Å². The molecule has 2 N–H and O–H groups in total. The SMILES string of the molecule is CCCN1CCCC(N)C1c1cc(OC)c(OC)cc1Br. The van der Waals surface area contributed by atoms with Crippen molar-refractivity contribution >= 4 is 15.9 Å². The van der Waals surface area contributed by atoms with Crippen LogP contribution in [0.25, 0.3) is 0 Å². The Labute approximate surface area is 135 Å². The highest BCUT2D eigenvalue weighted by molar-refractivity contribution is 9.10. The van der Waals surface area contributed by atoms with Crippen molar-refractivity contribution in [2.75, 3.05) is 27.3 Å². The third-order valence-electron chi connectivity index (χ3n) is 4.11. The fraction of sp³-hybridized carbons (Fsp3) is 0.625. The molecule has 0 aromatic heterocycles.